The molecule has 1 aliphatic rings. The van der Waals surface area contributed by atoms with Crippen LogP contribution in [-0.4, -0.2) is 50.2 Å². The van der Waals surface area contributed by atoms with Gasteiger partial charge in [-0.25, -0.2) is 0 Å². The highest BCUT2D eigenvalue weighted by molar-refractivity contribution is 5.76. The SMILES string of the molecule is COCCC(=O)N1CCNCC1C. The number of nitrogens with one attached hydrogen (secondary N) is 1. The number of rotatable bonds is 3. The number of hydrogen-bond donors (Lipinski definition) is 1. The van der Waals surface area contributed by atoms with Gasteiger partial charge in [-0.1, -0.05) is 0 Å². The summed E-state index contributed by atoms with van der Waals surface area (Å²) in [5.41, 5.74) is 0. The molecule has 0 aliphatic carbocycles. The fourth-order valence-corrected chi connectivity index (χ4v) is 1.54. The van der Waals surface area contributed by atoms with E-state index in [-0.39, 0.29) is 5.91 Å². The van der Waals surface area contributed by atoms with E-state index in [2.05, 4.69) is 12.2 Å². The van der Waals surface area contributed by atoms with Crippen molar-refractivity contribution in [1.29, 1.82) is 0 Å². The topological polar surface area (TPSA) is 41.6 Å². The second-order valence-electron chi connectivity index (χ2n) is 3.38. The molecule has 0 aromatic carbocycles. The van der Waals surface area contributed by atoms with E-state index in [0.29, 0.717) is 19.1 Å². The van der Waals surface area contributed by atoms with Gasteiger partial charge in [0.15, 0.2) is 0 Å². The molecule has 0 bridgehead atoms. The molecule has 1 fully saturated rings. The summed E-state index contributed by atoms with van der Waals surface area (Å²) in [4.78, 5) is 13.5. The van der Waals surface area contributed by atoms with E-state index < -0.39 is 0 Å². The van der Waals surface area contributed by atoms with Gasteiger partial charge >= 0.3 is 0 Å². The molecule has 1 atom stereocenters. The predicted molar refractivity (Wildman–Crippen MR) is 50.5 cm³/mol. The van der Waals surface area contributed by atoms with Gasteiger partial charge in [0.05, 0.1) is 13.0 Å². The van der Waals surface area contributed by atoms with Gasteiger partial charge in [-0.3, -0.25) is 4.79 Å². The smallest absolute Gasteiger partial charge is 0.225 e. The lowest BCUT2D eigenvalue weighted by Gasteiger charge is -2.34. The van der Waals surface area contributed by atoms with Gasteiger partial charge in [-0.05, 0) is 6.92 Å². The molecule has 1 aliphatic heterocycles. The van der Waals surface area contributed by atoms with Gasteiger partial charge in [0, 0.05) is 32.8 Å². The van der Waals surface area contributed by atoms with Crippen molar-refractivity contribution in [3.63, 3.8) is 0 Å². The van der Waals surface area contributed by atoms with Gasteiger partial charge in [-0.2, -0.15) is 0 Å². The number of nitrogens with zero attached hydrogens (tertiary/aromatic N) is 1. The summed E-state index contributed by atoms with van der Waals surface area (Å²) >= 11 is 0. The molecule has 1 amide bonds. The molecule has 4 nitrogen and oxygen atoms in total. The Balaban J connectivity index is 2.35. The Labute approximate surface area is 79.2 Å². The Morgan fingerprint density at radius 3 is 3.08 bits per heavy atom. The van der Waals surface area contributed by atoms with Crippen LogP contribution in [0.5, 0.6) is 0 Å². The first-order valence-electron chi connectivity index (χ1n) is 4.75. The van der Waals surface area contributed by atoms with Crippen LogP contribution in [0.1, 0.15) is 13.3 Å². The molecule has 1 rings (SSSR count). The van der Waals surface area contributed by atoms with Crippen LogP contribution in [0.25, 0.3) is 0 Å². The highest BCUT2D eigenvalue weighted by Crippen LogP contribution is 2.04. The zero-order valence-electron chi connectivity index (χ0n) is 8.38. The second kappa shape index (κ2) is 5.19. The average molecular weight is 186 g/mol. The highest BCUT2D eigenvalue weighted by Gasteiger charge is 2.21. The number of methoxy groups -OCH3 is 1. The highest BCUT2D eigenvalue weighted by atomic mass is 16.5. The van der Waals surface area contributed by atoms with E-state index in [4.69, 9.17) is 4.74 Å². The summed E-state index contributed by atoms with van der Waals surface area (Å²) in [6.45, 7) is 5.22. The zero-order valence-corrected chi connectivity index (χ0v) is 8.38. The minimum atomic E-state index is 0.204. The molecule has 1 heterocycles. The number of piperazine rings is 1. The van der Waals surface area contributed by atoms with E-state index in [0.717, 1.165) is 19.6 Å². The van der Waals surface area contributed by atoms with Gasteiger partial charge in [0.2, 0.25) is 5.91 Å². The third kappa shape index (κ3) is 2.97. The lowest BCUT2D eigenvalue weighted by atomic mass is 10.2. The van der Waals surface area contributed by atoms with Crippen molar-refractivity contribution < 1.29 is 9.53 Å². The quantitative estimate of drug-likeness (QED) is 0.666. The number of hydrogen-bond acceptors (Lipinski definition) is 3. The maximum absolute atomic E-state index is 11.6. The van der Waals surface area contributed by atoms with E-state index in [1.807, 2.05) is 4.90 Å². The maximum Gasteiger partial charge on any atom is 0.225 e. The van der Waals surface area contributed by atoms with Crippen LogP contribution in [0, 0.1) is 0 Å². The van der Waals surface area contributed by atoms with E-state index >= 15 is 0 Å². The third-order valence-electron chi connectivity index (χ3n) is 2.34. The minimum absolute atomic E-state index is 0.204. The summed E-state index contributed by atoms with van der Waals surface area (Å²) < 4.78 is 4.88. The molecule has 13 heavy (non-hydrogen) atoms. The van der Waals surface area contributed by atoms with E-state index in [9.17, 15) is 4.79 Å². The van der Waals surface area contributed by atoms with E-state index in [1.54, 1.807) is 7.11 Å². The Kier molecular flexibility index (Phi) is 4.18. The standard InChI is InChI=1S/C9H18N2O2/c1-8-7-10-4-5-11(8)9(12)3-6-13-2/h8,10H,3-7H2,1-2H3. The molecule has 76 valence electrons. The van der Waals surface area contributed by atoms with Crippen molar-refractivity contribution in [3.8, 4) is 0 Å². The molecule has 0 radical (unpaired) electrons. The predicted octanol–water partition coefficient (Wildman–Crippen LogP) is -0.157. The number of amides is 1. The largest absolute Gasteiger partial charge is 0.384 e. The molecular formula is C9H18N2O2. The van der Waals surface area contributed by atoms with Crippen LogP contribution >= 0.6 is 0 Å². The molecule has 0 aromatic rings. The van der Waals surface area contributed by atoms with Gasteiger partial charge in [0.1, 0.15) is 0 Å². The number of ether oxygens (including phenoxy) is 1. The summed E-state index contributed by atoms with van der Waals surface area (Å²) in [7, 11) is 1.62. The Morgan fingerprint density at radius 2 is 2.46 bits per heavy atom. The first-order valence-corrected chi connectivity index (χ1v) is 4.75. The minimum Gasteiger partial charge on any atom is -0.384 e. The van der Waals surface area contributed by atoms with E-state index in [1.165, 1.54) is 0 Å². The van der Waals surface area contributed by atoms with Crippen molar-refractivity contribution in [1.82, 2.24) is 10.2 Å². The lowest BCUT2D eigenvalue weighted by Crippen LogP contribution is -2.52. The average Bonchev–Trinajstić information content (AvgIpc) is 2.15. The maximum atomic E-state index is 11.6. The molecule has 4 heteroatoms. The number of carbonyl (C=O) groups excluding carboxylic acids is 1. The van der Waals surface area contributed by atoms with Crippen LogP contribution in [0.3, 0.4) is 0 Å². The fraction of sp³-hybridized carbons (Fsp3) is 0.889. The summed E-state index contributed by atoms with van der Waals surface area (Å²) in [6.07, 6.45) is 0.501. The monoisotopic (exact) mass is 186 g/mol. The summed E-state index contributed by atoms with van der Waals surface area (Å²) in [5.74, 6) is 0.204. The molecular weight excluding hydrogens is 168 g/mol. The van der Waals surface area contributed by atoms with Crippen molar-refractivity contribution in [3.05, 3.63) is 0 Å². The first-order chi connectivity index (χ1) is 6.25. The van der Waals surface area contributed by atoms with Crippen LogP contribution in [-0.2, 0) is 9.53 Å². The second-order valence-corrected chi connectivity index (χ2v) is 3.38. The van der Waals surface area contributed by atoms with Crippen molar-refractivity contribution in [2.24, 2.45) is 0 Å². The molecule has 1 N–H and O–H groups in total. The fourth-order valence-electron chi connectivity index (χ4n) is 1.54. The van der Waals surface area contributed by atoms with Crippen LogP contribution in [0.4, 0.5) is 0 Å². The first kappa shape index (κ1) is 10.5. The zero-order chi connectivity index (χ0) is 9.68. The Bertz CT molecular complexity index is 173. The van der Waals surface area contributed by atoms with Gasteiger partial charge in [-0.15, -0.1) is 0 Å². The molecule has 1 saturated heterocycles. The molecule has 0 spiro atoms. The molecule has 0 saturated carbocycles. The Morgan fingerprint density at radius 1 is 1.69 bits per heavy atom. The van der Waals surface area contributed by atoms with Crippen molar-refractivity contribution >= 4 is 5.91 Å². The molecule has 1 unspecified atom stereocenters. The van der Waals surface area contributed by atoms with Gasteiger partial charge in [0.25, 0.3) is 0 Å². The van der Waals surface area contributed by atoms with Crippen molar-refractivity contribution in [2.45, 2.75) is 19.4 Å². The normalized spacial score (nSPS) is 23.2. The number of carbonyl (C=O) groups is 1. The van der Waals surface area contributed by atoms with Gasteiger partial charge < -0.3 is 15.0 Å². The summed E-state index contributed by atoms with van der Waals surface area (Å²) in [6, 6.07) is 0.318. The van der Waals surface area contributed by atoms with Crippen LogP contribution in [0.15, 0.2) is 0 Å². The van der Waals surface area contributed by atoms with Crippen molar-refractivity contribution in [2.75, 3.05) is 33.4 Å². The van der Waals surface area contributed by atoms with Crippen LogP contribution < -0.4 is 5.32 Å². The van der Waals surface area contributed by atoms with Crippen LogP contribution in [0.2, 0.25) is 0 Å². The third-order valence-corrected chi connectivity index (χ3v) is 2.34. The summed E-state index contributed by atoms with van der Waals surface area (Å²) in [5, 5.41) is 3.25. The Hall–Kier alpha value is -0.610. The molecule has 0 aromatic heterocycles. The lowest BCUT2D eigenvalue weighted by molar-refractivity contribution is -0.134.